The van der Waals surface area contributed by atoms with Gasteiger partial charge in [0.05, 0.1) is 27.8 Å². The third-order valence-electron chi connectivity index (χ3n) is 6.86. The quantitative estimate of drug-likeness (QED) is 0.231. The molecule has 0 bridgehead atoms. The molecular formula is C32H30N3S+. The predicted molar refractivity (Wildman–Crippen MR) is 152 cm³/mol. The summed E-state index contributed by atoms with van der Waals surface area (Å²) in [5, 5.41) is 1.17. The number of rotatable bonds is 3. The average molecular weight is 489 g/mol. The molecule has 3 nitrogen and oxygen atoms in total. The second-order valence-corrected chi connectivity index (χ2v) is 11.5. The van der Waals surface area contributed by atoms with Crippen molar-refractivity contribution in [2.45, 2.75) is 33.1 Å². The van der Waals surface area contributed by atoms with Crippen molar-refractivity contribution in [1.29, 1.82) is 0 Å². The molecule has 0 saturated heterocycles. The minimum absolute atomic E-state index is 0.0337. The Balaban J connectivity index is 1.68. The SMILES string of the molecule is Cc1cc2nc(C(C)(C)C)sc2cc1-c1n(-c2ccccc2-c2ccccc2)c2ccccc2[n+]1C. The summed E-state index contributed by atoms with van der Waals surface area (Å²) in [6.45, 7) is 8.90. The lowest BCUT2D eigenvalue weighted by Gasteiger charge is -2.13. The molecule has 36 heavy (non-hydrogen) atoms. The van der Waals surface area contributed by atoms with Crippen LogP contribution in [0.3, 0.4) is 0 Å². The predicted octanol–water partition coefficient (Wildman–Crippen LogP) is 8.00. The first-order valence-corrected chi connectivity index (χ1v) is 13.2. The van der Waals surface area contributed by atoms with Crippen LogP contribution in [0, 0.1) is 6.92 Å². The topological polar surface area (TPSA) is 21.7 Å². The van der Waals surface area contributed by atoms with Crippen LogP contribution in [0.4, 0.5) is 0 Å². The van der Waals surface area contributed by atoms with Gasteiger partial charge in [-0.2, -0.15) is 4.57 Å². The molecule has 4 aromatic carbocycles. The highest BCUT2D eigenvalue weighted by molar-refractivity contribution is 7.18. The fourth-order valence-electron chi connectivity index (χ4n) is 5.03. The Hall–Kier alpha value is -3.76. The first-order valence-electron chi connectivity index (χ1n) is 12.4. The molecule has 0 saturated carbocycles. The van der Waals surface area contributed by atoms with Crippen LogP contribution in [0.5, 0.6) is 0 Å². The van der Waals surface area contributed by atoms with Gasteiger partial charge in [-0.25, -0.2) is 9.55 Å². The molecule has 0 spiro atoms. The number of para-hydroxylation sites is 3. The van der Waals surface area contributed by atoms with Gasteiger partial charge in [0.1, 0.15) is 5.69 Å². The maximum absolute atomic E-state index is 4.98. The van der Waals surface area contributed by atoms with Gasteiger partial charge in [-0.1, -0.05) is 81.4 Å². The molecule has 0 radical (unpaired) electrons. The van der Waals surface area contributed by atoms with Gasteiger partial charge < -0.3 is 0 Å². The fourth-order valence-corrected chi connectivity index (χ4v) is 6.07. The third-order valence-corrected chi connectivity index (χ3v) is 8.30. The van der Waals surface area contributed by atoms with Crippen LogP contribution >= 0.6 is 11.3 Å². The Labute approximate surface area is 216 Å². The lowest BCUT2D eigenvalue weighted by Crippen LogP contribution is -2.30. The maximum Gasteiger partial charge on any atom is 0.295 e. The minimum atomic E-state index is 0.0337. The highest BCUT2D eigenvalue weighted by Gasteiger charge is 2.29. The van der Waals surface area contributed by atoms with Gasteiger partial charge in [0, 0.05) is 11.0 Å². The van der Waals surface area contributed by atoms with Gasteiger partial charge in [0.15, 0.2) is 11.0 Å². The number of imidazole rings is 1. The molecule has 2 aromatic heterocycles. The van der Waals surface area contributed by atoms with Crippen LogP contribution in [0.2, 0.25) is 0 Å². The molecule has 6 rings (SSSR count). The normalized spacial score (nSPS) is 12.0. The van der Waals surface area contributed by atoms with Crippen molar-refractivity contribution >= 4 is 32.6 Å². The minimum Gasteiger partial charge on any atom is -0.241 e. The van der Waals surface area contributed by atoms with E-state index in [2.05, 4.69) is 135 Å². The summed E-state index contributed by atoms with van der Waals surface area (Å²) in [6, 6.07) is 32.6. The monoisotopic (exact) mass is 488 g/mol. The van der Waals surface area contributed by atoms with E-state index in [4.69, 9.17) is 4.98 Å². The zero-order chi connectivity index (χ0) is 25.0. The highest BCUT2D eigenvalue weighted by atomic mass is 32.1. The van der Waals surface area contributed by atoms with E-state index >= 15 is 0 Å². The van der Waals surface area contributed by atoms with Gasteiger partial charge in [-0.3, -0.25) is 0 Å². The van der Waals surface area contributed by atoms with Crippen LogP contribution in [-0.2, 0) is 12.5 Å². The second kappa shape index (κ2) is 8.42. The molecule has 0 N–H and O–H groups in total. The first-order chi connectivity index (χ1) is 17.3. The largest absolute Gasteiger partial charge is 0.295 e. The molecular weight excluding hydrogens is 458 g/mol. The fraction of sp³-hybridized carbons (Fsp3) is 0.188. The molecule has 4 heteroatoms. The number of fused-ring (bicyclic) bond motifs is 2. The summed E-state index contributed by atoms with van der Waals surface area (Å²) >= 11 is 1.81. The summed E-state index contributed by atoms with van der Waals surface area (Å²) in [5.74, 6) is 1.17. The van der Waals surface area contributed by atoms with Crippen LogP contribution in [0.1, 0.15) is 31.3 Å². The lowest BCUT2D eigenvalue weighted by molar-refractivity contribution is -0.633. The van der Waals surface area contributed by atoms with Crippen molar-refractivity contribution in [3.05, 3.63) is 102 Å². The number of aryl methyl sites for hydroxylation is 2. The second-order valence-electron chi connectivity index (χ2n) is 10.5. The number of benzene rings is 4. The molecule has 0 aliphatic carbocycles. The van der Waals surface area contributed by atoms with Gasteiger partial charge in [0.25, 0.3) is 5.82 Å². The number of hydrogen-bond acceptors (Lipinski definition) is 2. The Bertz CT molecular complexity index is 1730. The smallest absolute Gasteiger partial charge is 0.241 e. The Kier molecular flexibility index (Phi) is 5.31. The molecule has 0 atom stereocenters. The number of thiazole rings is 1. The van der Waals surface area contributed by atoms with Gasteiger partial charge in [-0.15, -0.1) is 11.3 Å². The Morgan fingerprint density at radius 3 is 2.28 bits per heavy atom. The molecule has 6 aromatic rings. The Morgan fingerprint density at radius 1 is 0.806 bits per heavy atom. The molecule has 0 aliphatic rings. The number of aromatic nitrogens is 3. The molecule has 0 unspecified atom stereocenters. The van der Waals surface area contributed by atoms with Crippen molar-refractivity contribution < 1.29 is 4.57 Å². The van der Waals surface area contributed by atoms with Gasteiger partial charge in [0.2, 0.25) is 0 Å². The molecule has 178 valence electrons. The van der Waals surface area contributed by atoms with Gasteiger partial charge in [-0.05, 0) is 48.4 Å². The van der Waals surface area contributed by atoms with Crippen LogP contribution < -0.4 is 4.57 Å². The van der Waals surface area contributed by atoms with E-state index in [1.165, 1.54) is 54.5 Å². The number of nitrogens with zero attached hydrogens (tertiary/aromatic N) is 3. The van der Waals surface area contributed by atoms with E-state index in [-0.39, 0.29) is 5.41 Å². The number of hydrogen-bond donors (Lipinski definition) is 0. The maximum atomic E-state index is 4.98. The zero-order valence-corrected chi connectivity index (χ0v) is 22.2. The Morgan fingerprint density at radius 2 is 1.50 bits per heavy atom. The zero-order valence-electron chi connectivity index (χ0n) is 21.4. The standard InChI is InChI=1S/C32H30N3S/c1-21-19-25-29(36-31(33-25)32(2,3)4)20-24(21)30-34(5)27-17-11-12-18-28(27)35(30)26-16-10-9-15-23(26)22-13-7-6-8-14-22/h6-20H,1-5H3/q+1. The van der Waals surface area contributed by atoms with Crippen molar-refractivity contribution in [3.8, 4) is 28.2 Å². The molecule has 0 fully saturated rings. The van der Waals surface area contributed by atoms with Crippen LogP contribution in [0.25, 0.3) is 49.5 Å². The molecule has 2 heterocycles. The summed E-state index contributed by atoms with van der Waals surface area (Å²) in [4.78, 5) is 4.98. The molecule has 0 amide bonds. The summed E-state index contributed by atoms with van der Waals surface area (Å²) in [7, 11) is 2.18. The van der Waals surface area contributed by atoms with Crippen molar-refractivity contribution in [2.75, 3.05) is 0 Å². The van der Waals surface area contributed by atoms with E-state index in [1.54, 1.807) is 11.3 Å². The summed E-state index contributed by atoms with van der Waals surface area (Å²) in [5.41, 5.74) is 9.57. The van der Waals surface area contributed by atoms with E-state index in [1.807, 2.05) is 0 Å². The highest BCUT2D eigenvalue weighted by Crippen LogP contribution is 2.38. The van der Waals surface area contributed by atoms with E-state index in [0.29, 0.717) is 0 Å². The summed E-state index contributed by atoms with van der Waals surface area (Å²) in [6.07, 6.45) is 0. The first kappa shape index (κ1) is 22.7. The van der Waals surface area contributed by atoms with Crippen LogP contribution in [-0.4, -0.2) is 9.55 Å². The van der Waals surface area contributed by atoms with Crippen molar-refractivity contribution in [3.63, 3.8) is 0 Å². The van der Waals surface area contributed by atoms with Crippen LogP contribution in [0.15, 0.2) is 91.0 Å². The summed E-state index contributed by atoms with van der Waals surface area (Å²) < 4.78 is 5.99. The van der Waals surface area contributed by atoms with E-state index in [9.17, 15) is 0 Å². The van der Waals surface area contributed by atoms with E-state index < -0.39 is 0 Å². The molecule has 0 aliphatic heterocycles. The van der Waals surface area contributed by atoms with Gasteiger partial charge >= 0.3 is 0 Å². The third kappa shape index (κ3) is 3.64. The lowest BCUT2D eigenvalue weighted by atomic mass is 9.98. The van der Waals surface area contributed by atoms with E-state index in [0.717, 1.165) is 5.52 Å². The van der Waals surface area contributed by atoms with Crippen molar-refractivity contribution in [2.24, 2.45) is 7.05 Å². The van der Waals surface area contributed by atoms with Crippen molar-refractivity contribution in [1.82, 2.24) is 9.55 Å². The average Bonchev–Trinajstić information content (AvgIpc) is 3.43.